The van der Waals surface area contributed by atoms with Gasteiger partial charge in [0.25, 0.3) is 0 Å². The van der Waals surface area contributed by atoms with E-state index in [0.29, 0.717) is 6.54 Å². The molecule has 3 heteroatoms. The average molecular weight is 223 g/mol. The molecule has 0 aliphatic rings. The van der Waals surface area contributed by atoms with E-state index in [-0.39, 0.29) is 12.7 Å². The monoisotopic (exact) mass is 223 g/mol. The smallest absolute Gasteiger partial charge is 0.0639 e. The predicted molar refractivity (Wildman–Crippen MR) is 65.1 cm³/mol. The Morgan fingerprint density at radius 1 is 1.25 bits per heavy atom. The number of benzene rings is 1. The molecule has 0 spiro atoms. The van der Waals surface area contributed by atoms with E-state index in [1.807, 2.05) is 18.2 Å². The minimum atomic E-state index is -0.331. The number of aliphatic hydroxyl groups is 2. The standard InChI is InChI=1S/C13H21NO2/c1-12(16)10-14(8-5-9-15)11-13-6-3-2-4-7-13/h2-4,6-7,12,15-16H,5,8-11H2,1H3. The molecule has 16 heavy (non-hydrogen) atoms. The first-order valence-electron chi connectivity index (χ1n) is 5.77. The van der Waals surface area contributed by atoms with Crippen LogP contribution in [-0.4, -0.2) is 40.9 Å². The fourth-order valence-corrected chi connectivity index (χ4v) is 1.74. The Kier molecular flexibility index (Phi) is 6.08. The third-order valence-electron chi connectivity index (χ3n) is 2.40. The molecule has 2 N–H and O–H groups in total. The maximum Gasteiger partial charge on any atom is 0.0639 e. The van der Waals surface area contributed by atoms with Gasteiger partial charge < -0.3 is 10.2 Å². The molecular formula is C13H21NO2. The van der Waals surface area contributed by atoms with Gasteiger partial charge in [-0.3, -0.25) is 4.90 Å². The van der Waals surface area contributed by atoms with E-state index in [1.54, 1.807) is 6.92 Å². The predicted octanol–water partition coefficient (Wildman–Crippen LogP) is 1.25. The zero-order valence-electron chi connectivity index (χ0n) is 9.84. The lowest BCUT2D eigenvalue weighted by molar-refractivity contribution is 0.116. The molecule has 0 fully saturated rings. The summed E-state index contributed by atoms with van der Waals surface area (Å²) in [7, 11) is 0. The van der Waals surface area contributed by atoms with E-state index < -0.39 is 0 Å². The molecule has 1 atom stereocenters. The van der Waals surface area contributed by atoms with Gasteiger partial charge in [-0.25, -0.2) is 0 Å². The van der Waals surface area contributed by atoms with Crippen LogP contribution in [0, 0.1) is 0 Å². The molecule has 0 saturated heterocycles. The van der Waals surface area contributed by atoms with Gasteiger partial charge in [0, 0.05) is 26.2 Å². The van der Waals surface area contributed by atoms with Gasteiger partial charge in [0.05, 0.1) is 6.10 Å². The summed E-state index contributed by atoms with van der Waals surface area (Å²) in [6, 6.07) is 10.2. The van der Waals surface area contributed by atoms with Gasteiger partial charge >= 0.3 is 0 Å². The van der Waals surface area contributed by atoms with Gasteiger partial charge in [0.1, 0.15) is 0 Å². The van der Waals surface area contributed by atoms with Crippen molar-refractivity contribution in [1.82, 2.24) is 4.90 Å². The first kappa shape index (κ1) is 13.2. The van der Waals surface area contributed by atoms with Crippen LogP contribution in [0.3, 0.4) is 0 Å². The quantitative estimate of drug-likeness (QED) is 0.731. The molecule has 1 unspecified atom stereocenters. The molecule has 0 radical (unpaired) electrons. The Bertz CT molecular complexity index is 275. The van der Waals surface area contributed by atoms with Crippen LogP contribution >= 0.6 is 0 Å². The van der Waals surface area contributed by atoms with E-state index >= 15 is 0 Å². The Morgan fingerprint density at radius 3 is 2.50 bits per heavy atom. The highest BCUT2D eigenvalue weighted by atomic mass is 16.3. The third kappa shape index (κ3) is 5.26. The fraction of sp³-hybridized carbons (Fsp3) is 0.538. The van der Waals surface area contributed by atoms with Gasteiger partial charge in [-0.1, -0.05) is 30.3 Å². The first-order valence-corrected chi connectivity index (χ1v) is 5.77. The minimum Gasteiger partial charge on any atom is -0.396 e. The lowest BCUT2D eigenvalue weighted by atomic mass is 10.2. The second kappa shape index (κ2) is 7.39. The molecule has 0 saturated carbocycles. The Balaban J connectivity index is 2.49. The first-order chi connectivity index (χ1) is 7.72. The maximum absolute atomic E-state index is 9.40. The van der Waals surface area contributed by atoms with Crippen LogP contribution in [0.5, 0.6) is 0 Å². The van der Waals surface area contributed by atoms with E-state index in [2.05, 4.69) is 17.0 Å². The van der Waals surface area contributed by atoms with Crippen molar-refractivity contribution in [2.75, 3.05) is 19.7 Å². The second-order valence-electron chi connectivity index (χ2n) is 4.15. The zero-order chi connectivity index (χ0) is 11.8. The van der Waals surface area contributed by atoms with Gasteiger partial charge in [-0.15, -0.1) is 0 Å². The van der Waals surface area contributed by atoms with Crippen molar-refractivity contribution >= 4 is 0 Å². The van der Waals surface area contributed by atoms with Crippen LogP contribution in [0.4, 0.5) is 0 Å². The molecule has 0 aliphatic carbocycles. The molecule has 1 rings (SSSR count). The Hall–Kier alpha value is -0.900. The van der Waals surface area contributed by atoms with Crippen molar-refractivity contribution in [3.05, 3.63) is 35.9 Å². The molecule has 0 amide bonds. The Labute approximate surface area is 97.3 Å². The zero-order valence-corrected chi connectivity index (χ0v) is 9.84. The second-order valence-corrected chi connectivity index (χ2v) is 4.15. The average Bonchev–Trinajstić information content (AvgIpc) is 2.26. The van der Waals surface area contributed by atoms with Gasteiger partial charge in [0.2, 0.25) is 0 Å². The van der Waals surface area contributed by atoms with E-state index in [9.17, 15) is 5.11 Å². The molecule has 1 aromatic rings. The highest BCUT2D eigenvalue weighted by Crippen LogP contribution is 2.05. The highest BCUT2D eigenvalue weighted by Gasteiger charge is 2.08. The molecule has 90 valence electrons. The van der Waals surface area contributed by atoms with Crippen LogP contribution in [-0.2, 0) is 6.54 Å². The molecule has 0 heterocycles. The summed E-state index contributed by atoms with van der Waals surface area (Å²) in [5, 5.41) is 18.2. The van der Waals surface area contributed by atoms with Crippen molar-refractivity contribution in [2.45, 2.75) is 26.0 Å². The van der Waals surface area contributed by atoms with Crippen molar-refractivity contribution < 1.29 is 10.2 Å². The normalized spacial score (nSPS) is 13.0. The largest absolute Gasteiger partial charge is 0.396 e. The topological polar surface area (TPSA) is 43.7 Å². The molecule has 0 aliphatic heterocycles. The molecule has 3 nitrogen and oxygen atoms in total. The number of rotatable bonds is 7. The summed E-state index contributed by atoms with van der Waals surface area (Å²) in [6.07, 6.45) is 0.418. The fourth-order valence-electron chi connectivity index (χ4n) is 1.74. The number of hydrogen-bond acceptors (Lipinski definition) is 3. The van der Waals surface area contributed by atoms with Gasteiger partial charge in [-0.2, -0.15) is 0 Å². The lowest BCUT2D eigenvalue weighted by Gasteiger charge is -2.23. The van der Waals surface area contributed by atoms with Crippen molar-refractivity contribution in [1.29, 1.82) is 0 Å². The maximum atomic E-state index is 9.40. The van der Waals surface area contributed by atoms with E-state index in [0.717, 1.165) is 19.5 Å². The molecule has 0 bridgehead atoms. The van der Waals surface area contributed by atoms with Crippen molar-refractivity contribution in [3.8, 4) is 0 Å². The van der Waals surface area contributed by atoms with Crippen molar-refractivity contribution in [3.63, 3.8) is 0 Å². The summed E-state index contributed by atoms with van der Waals surface area (Å²) in [6.45, 7) is 4.28. The summed E-state index contributed by atoms with van der Waals surface area (Å²) in [4.78, 5) is 2.16. The van der Waals surface area contributed by atoms with E-state index in [1.165, 1.54) is 5.56 Å². The van der Waals surface area contributed by atoms with Crippen molar-refractivity contribution in [2.24, 2.45) is 0 Å². The van der Waals surface area contributed by atoms with Crippen LogP contribution in [0.1, 0.15) is 18.9 Å². The summed E-state index contributed by atoms with van der Waals surface area (Å²) in [5.41, 5.74) is 1.24. The minimum absolute atomic E-state index is 0.200. The van der Waals surface area contributed by atoms with E-state index in [4.69, 9.17) is 5.11 Å². The summed E-state index contributed by atoms with van der Waals surface area (Å²) >= 11 is 0. The SMILES string of the molecule is CC(O)CN(CCCO)Cc1ccccc1. The van der Waals surface area contributed by atoms with Crippen LogP contribution in [0.2, 0.25) is 0 Å². The lowest BCUT2D eigenvalue weighted by Crippen LogP contribution is -2.31. The van der Waals surface area contributed by atoms with Gasteiger partial charge in [0.15, 0.2) is 0 Å². The van der Waals surface area contributed by atoms with Crippen LogP contribution in [0.25, 0.3) is 0 Å². The van der Waals surface area contributed by atoms with Crippen LogP contribution < -0.4 is 0 Å². The number of aliphatic hydroxyl groups excluding tert-OH is 2. The molecule has 0 aromatic heterocycles. The Morgan fingerprint density at radius 2 is 1.94 bits per heavy atom. The van der Waals surface area contributed by atoms with Crippen LogP contribution in [0.15, 0.2) is 30.3 Å². The highest BCUT2D eigenvalue weighted by molar-refractivity contribution is 5.14. The summed E-state index contributed by atoms with van der Waals surface area (Å²) < 4.78 is 0. The third-order valence-corrected chi connectivity index (χ3v) is 2.40. The number of nitrogens with zero attached hydrogens (tertiary/aromatic N) is 1. The number of hydrogen-bond donors (Lipinski definition) is 2. The van der Waals surface area contributed by atoms with Gasteiger partial charge in [-0.05, 0) is 18.9 Å². The summed E-state index contributed by atoms with van der Waals surface area (Å²) in [5.74, 6) is 0. The molecular weight excluding hydrogens is 202 g/mol. The molecule has 1 aromatic carbocycles.